The van der Waals surface area contributed by atoms with Crippen LogP contribution < -0.4 is 5.73 Å². The largest absolute Gasteiger partial charge is 0.386 e. The van der Waals surface area contributed by atoms with E-state index >= 15 is 0 Å². The van der Waals surface area contributed by atoms with Gasteiger partial charge in [-0.15, -0.1) is 0 Å². The van der Waals surface area contributed by atoms with Crippen molar-refractivity contribution in [3.8, 4) is 0 Å². The molecule has 0 aliphatic heterocycles. The molecule has 0 aliphatic rings. The zero-order valence-corrected chi connectivity index (χ0v) is 15.5. The van der Waals surface area contributed by atoms with Crippen LogP contribution in [0.1, 0.15) is 57.6 Å². The van der Waals surface area contributed by atoms with Crippen molar-refractivity contribution < 1.29 is 14.6 Å². The van der Waals surface area contributed by atoms with E-state index in [9.17, 15) is 5.11 Å². The molecule has 0 spiro atoms. The lowest BCUT2D eigenvalue weighted by Gasteiger charge is -2.27. The summed E-state index contributed by atoms with van der Waals surface area (Å²) in [7, 11) is 0. The Morgan fingerprint density at radius 3 is 2.04 bits per heavy atom. The molecule has 4 heteroatoms. The van der Waals surface area contributed by atoms with Crippen molar-refractivity contribution >= 4 is 0 Å². The van der Waals surface area contributed by atoms with Gasteiger partial charge in [0.25, 0.3) is 0 Å². The predicted molar refractivity (Wildman–Crippen MR) is 99.0 cm³/mol. The first-order valence-electron chi connectivity index (χ1n) is 9.36. The molecule has 0 heterocycles. The summed E-state index contributed by atoms with van der Waals surface area (Å²) in [6.07, 6.45) is 5.36. The SMILES string of the molecule is CCCCCCc1ccc(CC(N)C(O)C(OCC)OCC)cc1. The third-order valence-electron chi connectivity index (χ3n) is 4.19. The molecule has 0 saturated carbocycles. The zero-order valence-electron chi connectivity index (χ0n) is 15.5. The van der Waals surface area contributed by atoms with E-state index < -0.39 is 18.4 Å². The van der Waals surface area contributed by atoms with Crippen molar-refractivity contribution in [2.45, 2.75) is 77.7 Å². The second-order valence-electron chi connectivity index (χ2n) is 6.26. The number of hydrogen-bond donors (Lipinski definition) is 2. The molecule has 138 valence electrons. The highest BCUT2D eigenvalue weighted by Gasteiger charge is 2.26. The van der Waals surface area contributed by atoms with E-state index in [1.54, 1.807) is 0 Å². The van der Waals surface area contributed by atoms with E-state index in [1.807, 2.05) is 13.8 Å². The molecule has 1 rings (SSSR count). The van der Waals surface area contributed by atoms with Gasteiger partial charge in [0.15, 0.2) is 6.29 Å². The van der Waals surface area contributed by atoms with Gasteiger partial charge in [-0.3, -0.25) is 0 Å². The highest BCUT2D eigenvalue weighted by Crippen LogP contribution is 2.13. The Balaban J connectivity index is 2.49. The molecular formula is C20H35NO3. The molecule has 4 nitrogen and oxygen atoms in total. The summed E-state index contributed by atoms with van der Waals surface area (Å²) in [5.74, 6) is 0. The molecule has 0 fully saturated rings. The predicted octanol–water partition coefficient (Wildman–Crippen LogP) is 3.44. The molecule has 2 unspecified atom stereocenters. The number of aliphatic hydroxyl groups excluding tert-OH is 1. The summed E-state index contributed by atoms with van der Waals surface area (Å²) < 4.78 is 10.9. The van der Waals surface area contributed by atoms with E-state index in [0.717, 1.165) is 12.0 Å². The topological polar surface area (TPSA) is 64.7 Å². The van der Waals surface area contributed by atoms with Crippen LogP contribution in [-0.2, 0) is 22.3 Å². The van der Waals surface area contributed by atoms with E-state index in [2.05, 4.69) is 31.2 Å². The van der Waals surface area contributed by atoms with Crippen molar-refractivity contribution in [3.05, 3.63) is 35.4 Å². The highest BCUT2D eigenvalue weighted by molar-refractivity contribution is 5.23. The first kappa shape index (κ1) is 21.1. The third kappa shape index (κ3) is 7.75. The van der Waals surface area contributed by atoms with Crippen LogP contribution in [0.25, 0.3) is 0 Å². The van der Waals surface area contributed by atoms with Crippen LogP contribution in [0.4, 0.5) is 0 Å². The average molecular weight is 338 g/mol. The van der Waals surface area contributed by atoms with Crippen LogP contribution in [0.5, 0.6) is 0 Å². The van der Waals surface area contributed by atoms with Crippen molar-refractivity contribution in [2.75, 3.05) is 13.2 Å². The first-order valence-corrected chi connectivity index (χ1v) is 9.36. The van der Waals surface area contributed by atoms with Gasteiger partial charge in [-0.05, 0) is 44.2 Å². The molecule has 0 radical (unpaired) electrons. The summed E-state index contributed by atoms with van der Waals surface area (Å²) in [5.41, 5.74) is 8.65. The summed E-state index contributed by atoms with van der Waals surface area (Å²) in [6, 6.07) is 8.14. The van der Waals surface area contributed by atoms with E-state index in [1.165, 1.54) is 31.2 Å². The molecule has 2 atom stereocenters. The maximum absolute atomic E-state index is 10.3. The molecule has 1 aromatic carbocycles. The fourth-order valence-corrected chi connectivity index (χ4v) is 2.77. The minimum atomic E-state index is -0.835. The number of ether oxygens (including phenoxy) is 2. The van der Waals surface area contributed by atoms with Gasteiger partial charge in [-0.25, -0.2) is 0 Å². The number of nitrogens with two attached hydrogens (primary N) is 1. The fraction of sp³-hybridized carbons (Fsp3) is 0.700. The van der Waals surface area contributed by atoms with Gasteiger partial charge in [0.05, 0.1) is 0 Å². The number of rotatable bonds is 13. The van der Waals surface area contributed by atoms with Gasteiger partial charge in [0.1, 0.15) is 6.10 Å². The molecule has 0 aromatic heterocycles. The molecular weight excluding hydrogens is 302 g/mol. The minimum Gasteiger partial charge on any atom is -0.386 e. The number of hydrogen-bond acceptors (Lipinski definition) is 4. The summed E-state index contributed by atoms with van der Waals surface area (Å²) >= 11 is 0. The normalized spacial score (nSPS) is 14.1. The second-order valence-corrected chi connectivity index (χ2v) is 6.26. The van der Waals surface area contributed by atoms with Crippen molar-refractivity contribution in [1.82, 2.24) is 0 Å². The Kier molecular flexibility index (Phi) is 10.9. The fourth-order valence-electron chi connectivity index (χ4n) is 2.77. The molecule has 1 aromatic rings. The second kappa shape index (κ2) is 12.4. The van der Waals surface area contributed by atoms with Crippen LogP contribution in [-0.4, -0.2) is 36.8 Å². The van der Waals surface area contributed by atoms with Crippen molar-refractivity contribution in [1.29, 1.82) is 0 Å². The molecule has 0 saturated heterocycles. The number of unbranched alkanes of at least 4 members (excludes halogenated alkanes) is 3. The Hall–Kier alpha value is -0.940. The molecule has 24 heavy (non-hydrogen) atoms. The van der Waals surface area contributed by atoms with E-state index in [-0.39, 0.29) is 0 Å². The van der Waals surface area contributed by atoms with E-state index in [0.29, 0.717) is 19.6 Å². The van der Waals surface area contributed by atoms with Crippen molar-refractivity contribution in [3.63, 3.8) is 0 Å². The van der Waals surface area contributed by atoms with Gasteiger partial charge in [0, 0.05) is 19.3 Å². The summed E-state index contributed by atoms with van der Waals surface area (Å²) in [4.78, 5) is 0. The number of benzene rings is 1. The smallest absolute Gasteiger partial charge is 0.184 e. The quantitative estimate of drug-likeness (QED) is 0.427. The van der Waals surface area contributed by atoms with Gasteiger partial charge >= 0.3 is 0 Å². The first-order chi connectivity index (χ1) is 11.6. The summed E-state index contributed by atoms with van der Waals surface area (Å²) in [6.45, 7) is 6.96. The van der Waals surface area contributed by atoms with Crippen LogP contribution >= 0.6 is 0 Å². The lowest BCUT2D eigenvalue weighted by Crippen LogP contribution is -2.46. The molecule has 3 N–H and O–H groups in total. The van der Waals surface area contributed by atoms with Gasteiger partial charge < -0.3 is 20.3 Å². The average Bonchev–Trinajstić information content (AvgIpc) is 2.59. The summed E-state index contributed by atoms with van der Waals surface area (Å²) in [5, 5.41) is 10.3. The maximum atomic E-state index is 10.3. The van der Waals surface area contributed by atoms with Gasteiger partial charge in [0.2, 0.25) is 0 Å². The Morgan fingerprint density at radius 1 is 0.917 bits per heavy atom. The maximum Gasteiger partial charge on any atom is 0.184 e. The molecule has 0 amide bonds. The van der Waals surface area contributed by atoms with Crippen molar-refractivity contribution in [2.24, 2.45) is 5.73 Å². The Labute approximate surface area is 147 Å². The lowest BCUT2D eigenvalue weighted by molar-refractivity contribution is -0.193. The number of aryl methyl sites for hydroxylation is 1. The Morgan fingerprint density at radius 2 is 1.50 bits per heavy atom. The molecule has 0 aliphatic carbocycles. The van der Waals surface area contributed by atoms with Gasteiger partial charge in [-0.2, -0.15) is 0 Å². The lowest BCUT2D eigenvalue weighted by atomic mass is 9.99. The van der Waals surface area contributed by atoms with Crippen LogP contribution in [0.2, 0.25) is 0 Å². The zero-order chi connectivity index (χ0) is 17.8. The van der Waals surface area contributed by atoms with Crippen LogP contribution in [0, 0.1) is 0 Å². The standard InChI is InChI=1S/C20H35NO3/c1-4-7-8-9-10-16-11-13-17(14-12-16)15-18(21)19(22)20(23-5-2)24-6-3/h11-14,18-20,22H,4-10,15,21H2,1-3H3. The van der Waals surface area contributed by atoms with Crippen LogP contribution in [0.15, 0.2) is 24.3 Å². The van der Waals surface area contributed by atoms with Crippen LogP contribution in [0.3, 0.4) is 0 Å². The van der Waals surface area contributed by atoms with Gasteiger partial charge in [-0.1, -0.05) is 50.5 Å². The monoisotopic (exact) mass is 337 g/mol. The third-order valence-corrected chi connectivity index (χ3v) is 4.19. The Bertz CT molecular complexity index is 415. The van der Waals surface area contributed by atoms with E-state index in [4.69, 9.17) is 15.2 Å². The number of aliphatic hydroxyl groups is 1. The molecule has 0 bridgehead atoms. The minimum absolute atomic E-state index is 0.413. The highest BCUT2D eigenvalue weighted by atomic mass is 16.7.